The Balaban J connectivity index is 2.07. The average molecular weight is 284 g/mol. The highest BCUT2D eigenvalue weighted by Gasteiger charge is 2.21. The maximum atomic E-state index is 10.7. The van der Waals surface area contributed by atoms with Crippen molar-refractivity contribution in [3.05, 3.63) is 48.0 Å². The molecule has 0 aliphatic rings. The standard InChI is InChI=1S/C15H16N4O2/c1-3-19-14(13(21-2)9-18-19)15(20)10-4-5-11-12(8-10)17-7-6-16-11/h4-9,15,20H,3H2,1-2H3. The molecule has 0 aliphatic carbocycles. The summed E-state index contributed by atoms with van der Waals surface area (Å²) in [6.07, 6.45) is 4.07. The number of aryl methyl sites for hydroxylation is 1. The third kappa shape index (κ3) is 2.34. The fourth-order valence-corrected chi connectivity index (χ4v) is 2.37. The third-order valence-electron chi connectivity index (χ3n) is 3.43. The van der Waals surface area contributed by atoms with Gasteiger partial charge in [-0.1, -0.05) is 6.07 Å². The van der Waals surface area contributed by atoms with Gasteiger partial charge in [0.05, 0.1) is 24.3 Å². The number of hydrogen-bond donors (Lipinski definition) is 1. The van der Waals surface area contributed by atoms with E-state index in [-0.39, 0.29) is 0 Å². The van der Waals surface area contributed by atoms with Gasteiger partial charge < -0.3 is 9.84 Å². The predicted molar refractivity (Wildman–Crippen MR) is 78.1 cm³/mol. The molecule has 3 aromatic rings. The van der Waals surface area contributed by atoms with Crippen molar-refractivity contribution in [1.29, 1.82) is 0 Å². The molecule has 0 aliphatic heterocycles. The van der Waals surface area contributed by atoms with Gasteiger partial charge in [-0.2, -0.15) is 5.10 Å². The van der Waals surface area contributed by atoms with Gasteiger partial charge in [0.1, 0.15) is 11.8 Å². The number of aliphatic hydroxyl groups is 1. The van der Waals surface area contributed by atoms with Crippen LogP contribution < -0.4 is 4.74 Å². The van der Waals surface area contributed by atoms with Crippen LogP contribution in [0.15, 0.2) is 36.8 Å². The topological polar surface area (TPSA) is 73.1 Å². The van der Waals surface area contributed by atoms with Gasteiger partial charge in [-0.25, -0.2) is 0 Å². The van der Waals surface area contributed by atoms with Gasteiger partial charge >= 0.3 is 0 Å². The lowest BCUT2D eigenvalue weighted by Gasteiger charge is -2.15. The number of fused-ring (bicyclic) bond motifs is 1. The minimum atomic E-state index is -0.825. The van der Waals surface area contributed by atoms with Gasteiger partial charge in [-0.15, -0.1) is 0 Å². The van der Waals surface area contributed by atoms with E-state index < -0.39 is 6.10 Å². The lowest BCUT2D eigenvalue weighted by Crippen LogP contribution is -2.10. The molecule has 21 heavy (non-hydrogen) atoms. The van der Waals surface area contributed by atoms with Crippen LogP contribution in [0.25, 0.3) is 11.0 Å². The molecular weight excluding hydrogens is 268 g/mol. The molecule has 1 aromatic carbocycles. The summed E-state index contributed by atoms with van der Waals surface area (Å²) >= 11 is 0. The van der Waals surface area contributed by atoms with Gasteiger partial charge in [0.2, 0.25) is 0 Å². The first-order chi connectivity index (χ1) is 10.2. The predicted octanol–water partition coefficient (Wildman–Crippen LogP) is 1.94. The van der Waals surface area contributed by atoms with Crippen LogP contribution in [0.4, 0.5) is 0 Å². The second-order valence-electron chi connectivity index (χ2n) is 4.62. The zero-order valence-electron chi connectivity index (χ0n) is 11.9. The third-order valence-corrected chi connectivity index (χ3v) is 3.43. The van der Waals surface area contributed by atoms with E-state index in [1.54, 1.807) is 30.4 Å². The Hall–Kier alpha value is -2.47. The van der Waals surface area contributed by atoms with E-state index in [0.29, 0.717) is 18.0 Å². The molecule has 2 aromatic heterocycles. The van der Waals surface area contributed by atoms with Crippen molar-refractivity contribution in [2.75, 3.05) is 7.11 Å². The highest BCUT2D eigenvalue weighted by molar-refractivity contribution is 5.74. The Labute approximate surface area is 122 Å². The lowest BCUT2D eigenvalue weighted by molar-refractivity contribution is 0.202. The second kappa shape index (κ2) is 5.49. The second-order valence-corrected chi connectivity index (χ2v) is 4.62. The van der Waals surface area contributed by atoms with Crippen molar-refractivity contribution in [1.82, 2.24) is 19.7 Å². The normalized spacial score (nSPS) is 12.5. The number of benzene rings is 1. The molecule has 0 saturated heterocycles. The summed E-state index contributed by atoms with van der Waals surface area (Å²) in [4.78, 5) is 8.49. The summed E-state index contributed by atoms with van der Waals surface area (Å²) in [7, 11) is 1.57. The Morgan fingerprint density at radius 2 is 2.00 bits per heavy atom. The molecule has 6 heteroatoms. The van der Waals surface area contributed by atoms with Crippen LogP contribution in [0, 0.1) is 0 Å². The summed E-state index contributed by atoms with van der Waals surface area (Å²) in [5.41, 5.74) is 2.92. The highest BCUT2D eigenvalue weighted by Crippen LogP contribution is 2.30. The Morgan fingerprint density at radius 1 is 1.24 bits per heavy atom. The number of nitrogens with zero attached hydrogens (tertiary/aromatic N) is 4. The van der Waals surface area contributed by atoms with Crippen molar-refractivity contribution in [3.8, 4) is 5.75 Å². The summed E-state index contributed by atoms with van der Waals surface area (Å²) < 4.78 is 7.01. The molecule has 1 atom stereocenters. The maximum absolute atomic E-state index is 10.7. The molecule has 0 amide bonds. The first-order valence-electron chi connectivity index (χ1n) is 6.73. The van der Waals surface area contributed by atoms with E-state index in [9.17, 15) is 5.11 Å². The molecule has 2 heterocycles. The van der Waals surface area contributed by atoms with Crippen LogP contribution >= 0.6 is 0 Å². The van der Waals surface area contributed by atoms with Gasteiger partial charge in [-0.05, 0) is 24.6 Å². The molecule has 1 N–H and O–H groups in total. The van der Waals surface area contributed by atoms with Gasteiger partial charge in [0, 0.05) is 18.9 Å². The van der Waals surface area contributed by atoms with Crippen LogP contribution in [-0.4, -0.2) is 32.0 Å². The largest absolute Gasteiger partial charge is 0.493 e. The minimum absolute atomic E-state index is 0.573. The Kier molecular flexibility index (Phi) is 3.53. The number of ether oxygens (including phenoxy) is 1. The molecule has 6 nitrogen and oxygen atoms in total. The first-order valence-corrected chi connectivity index (χ1v) is 6.73. The summed E-state index contributed by atoms with van der Waals surface area (Å²) in [5.74, 6) is 0.573. The molecule has 0 saturated carbocycles. The number of aromatic nitrogens is 4. The number of rotatable bonds is 4. The molecule has 0 fully saturated rings. The number of hydrogen-bond acceptors (Lipinski definition) is 5. The Morgan fingerprint density at radius 3 is 2.71 bits per heavy atom. The van der Waals surface area contributed by atoms with E-state index >= 15 is 0 Å². The molecule has 1 unspecified atom stereocenters. The molecular formula is C15H16N4O2. The van der Waals surface area contributed by atoms with Crippen LogP contribution in [0.5, 0.6) is 5.75 Å². The van der Waals surface area contributed by atoms with Crippen molar-refractivity contribution >= 4 is 11.0 Å². The van der Waals surface area contributed by atoms with Crippen LogP contribution in [-0.2, 0) is 6.54 Å². The zero-order chi connectivity index (χ0) is 14.8. The monoisotopic (exact) mass is 284 g/mol. The van der Waals surface area contributed by atoms with Crippen molar-refractivity contribution < 1.29 is 9.84 Å². The first kappa shape index (κ1) is 13.5. The quantitative estimate of drug-likeness (QED) is 0.792. The SMILES string of the molecule is CCn1ncc(OC)c1C(O)c1ccc2nccnc2c1. The smallest absolute Gasteiger partial charge is 0.163 e. The van der Waals surface area contributed by atoms with Gasteiger partial charge in [0.15, 0.2) is 5.75 Å². The minimum Gasteiger partial charge on any atom is -0.493 e. The summed E-state index contributed by atoms with van der Waals surface area (Å²) in [6.45, 7) is 2.62. The summed E-state index contributed by atoms with van der Waals surface area (Å²) in [6, 6.07) is 5.52. The van der Waals surface area contributed by atoms with Gasteiger partial charge in [0.25, 0.3) is 0 Å². The van der Waals surface area contributed by atoms with E-state index in [2.05, 4.69) is 15.1 Å². The zero-order valence-corrected chi connectivity index (χ0v) is 11.9. The molecule has 0 spiro atoms. The van der Waals surface area contributed by atoms with Crippen molar-refractivity contribution in [2.45, 2.75) is 19.6 Å². The van der Waals surface area contributed by atoms with Crippen LogP contribution in [0.1, 0.15) is 24.3 Å². The van der Waals surface area contributed by atoms with Gasteiger partial charge in [-0.3, -0.25) is 14.6 Å². The number of aliphatic hydroxyl groups excluding tert-OH is 1. The lowest BCUT2D eigenvalue weighted by atomic mass is 10.1. The molecule has 3 rings (SSSR count). The maximum Gasteiger partial charge on any atom is 0.163 e. The molecule has 0 radical (unpaired) electrons. The Bertz CT molecular complexity index is 748. The van der Waals surface area contributed by atoms with Crippen LogP contribution in [0.3, 0.4) is 0 Å². The fourth-order valence-electron chi connectivity index (χ4n) is 2.37. The fraction of sp³-hybridized carbons (Fsp3) is 0.267. The van der Waals surface area contributed by atoms with E-state index in [1.807, 2.05) is 25.1 Å². The van der Waals surface area contributed by atoms with E-state index in [0.717, 1.165) is 16.6 Å². The highest BCUT2D eigenvalue weighted by atomic mass is 16.5. The van der Waals surface area contributed by atoms with E-state index in [1.165, 1.54) is 0 Å². The van der Waals surface area contributed by atoms with Crippen molar-refractivity contribution in [3.63, 3.8) is 0 Å². The van der Waals surface area contributed by atoms with Crippen molar-refractivity contribution in [2.24, 2.45) is 0 Å². The van der Waals surface area contributed by atoms with E-state index in [4.69, 9.17) is 4.74 Å². The average Bonchev–Trinajstić information content (AvgIpc) is 2.96. The molecule has 108 valence electrons. The summed E-state index contributed by atoms with van der Waals surface area (Å²) in [5, 5.41) is 14.9. The molecule has 0 bridgehead atoms. The van der Waals surface area contributed by atoms with Crippen LogP contribution in [0.2, 0.25) is 0 Å². The number of methoxy groups -OCH3 is 1.